The van der Waals surface area contributed by atoms with Crippen LogP contribution in [0, 0.1) is 40.4 Å². The van der Waals surface area contributed by atoms with Gasteiger partial charge in [-0.05, 0) is 97.2 Å². The number of aromatic nitrogens is 1. The zero-order valence-corrected chi connectivity index (χ0v) is 25.5. The van der Waals surface area contributed by atoms with Gasteiger partial charge in [0, 0.05) is 42.7 Å². The van der Waals surface area contributed by atoms with Gasteiger partial charge in [0.1, 0.15) is 0 Å². The molecule has 222 valence electrons. The zero-order chi connectivity index (χ0) is 29.1. The molecule has 3 saturated carbocycles. The molecule has 7 atom stereocenters. The first-order valence-electron chi connectivity index (χ1n) is 15.5. The first kappa shape index (κ1) is 31.0. The minimum Gasteiger partial charge on any atom is -0.347 e. The molecule has 6 rings (SSSR count). The second-order valence-corrected chi connectivity index (χ2v) is 12.6. The number of nitrogens with zero attached hydrogens (tertiary/aromatic N) is 2. The molecule has 1 aliphatic heterocycles. The van der Waals surface area contributed by atoms with Gasteiger partial charge >= 0.3 is 0 Å². The van der Waals surface area contributed by atoms with Crippen LogP contribution in [0.1, 0.15) is 104 Å². The lowest BCUT2D eigenvalue weighted by Gasteiger charge is -2.63. The summed E-state index contributed by atoms with van der Waals surface area (Å²) in [6, 6.07) is 1.67. The molecule has 4 aliphatic carbocycles. The fourth-order valence-corrected chi connectivity index (χ4v) is 9.38. The van der Waals surface area contributed by atoms with Gasteiger partial charge in [-0.25, -0.2) is 8.78 Å². The third kappa shape index (κ3) is 5.24. The molecular weight excluding hydrogens is 506 g/mol. The highest BCUT2D eigenvalue weighted by Gasteiger charge is 2.63. The molecule has 40 heavy (non-hydrogen) atoms. The number of hydrogen-bond donors (Lipinski definition) is 0. The molecule has 6 heteroatoms. The van der Waals surface area contributed by atoms with E-state index in [0.29, 0.717) is 29.1 Å². The average molecular weight is 557 g/mol. The lowest BCUT2D eigenvalue weighted by Crippen LogP contribution is -2.59. The molecule has 0 N–H and O–H groups in total. The Balaban J connectivity index is 0.000000479. The predicted octanol–water partition coefficient (Wildman–Crippen LogP) is 9.29. The van der Waals surface area contributed by atoms with Crippen LogP contribution in [0.5, 0.6) is 0 Å². The topological polar surface area (TPSA) is 43.7 Å². The van der Waals surface area contributed by atoms with Crippen molar-refractivity contribution in [1.82, 2.24) is 4.98 Å². The number of halogens is 2. The Hall–Kier alpha value is -1.92. The number of rotatable bonds is 3. The summed E-state index contributed by atoms with van der Waals surface area (Å²) in [6.45, 7) is 18.0. The van der Waals surface area contributed by atoms with E-state index in [9.17, 15) is 8.78 Å². The van der Waals surface area contributed by atoms with Crippen molar-refractivity contribution >= 4 is 11.8 Å². The molecule has 1 spiro atoms. The van der Waals surface area contributed by atoms with E-state index in [1.165, 1.54) is 43.7 Å². The summed E-state index contributed by atoms with van der Waals surface area (Å²) in [4.78, 5) is 7.78. The van der Waals surface area contributed by atoms with Crippen molar-refractivity contribution < 1.29 is 18.3 Å². The summed E-state index contributed by atoms with van der Waals surface area (Å²) in [6.07, 6.45) is 14.3. The molecule has 0 amide bonds. The molecule has 7 unspecified atom stereocenters. The molecule has 1 aromatic rings. The van der Waals surface area contributed by atoms with E-state index in [1.807, 2.05) is 20.8 Å². The highest BCUT2D eigenvalue weighted by Crippen LogP contribution is 2.69. The van der Waals surface area contributed by atoms with Crippen LogP contribution in [0.3, 0.4) is 0 Å². The largest absolute Gasteiger partial charge is 0.347 e. The van der Waals surface area contributed by atoms with Gasteiger partial charge in [0.2, 0.25) is 0 Å². The van der Waals surface area contributed by atoms with Gasteiger partial charge in [0.05, 0.1) is 13.2 Å². The van der Waals surface area contributed by atoms with E-state index in [-0.39, 0.29) is 16.8 Å². The van der Waals surface area contributed by atoms with Crippen LogP contribution in [-0.2, 0) is 9.47 Å². The number of hydrogen-bond acceptors (Lipinski definition) is 4. The van der Waals surface area contributed by atoms with Crippen molar-refractivity contribution in [2.45, 2.75) is 98.7 Å². The highest BCUT2D eigenvalue weighted by atomic mass is 19.3. The van der Waals surface area contributed by atoms with E-state index >= 15 is 0 Å². The summed E-state index contributed by atoms with van der Waals surface area (Å²) in [7, 11) is 0. The molecule has 4 nitrogen and oxygen atoms in total. The van der Waals surface area contributed by atoms with Crippen LogP contribution in [0.25, 0.3) is 5.57 Å². The van der Waals surface area contributed by atoms with E-state index < -0.39 is 6.43 Å². The molecule has 1 aromatic heterocycles. The number of fused-ring (bicyclic) bond motifs is 5. The maximum Gasteiger partial charge on any atom is 0.265 e. The first-order chi connectivity index (χ1) is 19.2. The molecule has 4 fully saturated rings. The first-order valence-corrected chi connectivity index (χ1v) is 15.5. The summed E-state index contributed by atoms with van der Waals surface area (Å²) < 4.78 is 39.1. The van der Waals surface area contributed by atoms with Crippen molar-refractivity contribution in [3.05, 3.63) is 48.4 Å². The van der Waals surface area contributed by atoms with Crippen LogP contribution in [0.2, 0.25) is 0 Å². The fourth-order valence-electron chi connectivity index (χ4n) is 9.38. The van der Waals surface area contributed by atoms with Crippen molar-refractivity contribution in [3.63, 3.8) is 0 Å². The van der Waals surface area contributed by atoms with Crippen molar-refractivity contribution in [2.75, 3.05) is 13.2 Å². The maximum atomic E-state index is 13.3. The number of aliphatic imine (C=N–C) groups is 1. The minimum atomic E-state index is -2.47. The van der Waals surface area contributed by atoms with E-state index in [4.69, 9.17) is 9.47 Å². The van der Waals surface area contributed by atoms with Gasteiger partial charge in [0.15, 0.2) is 5.79 Å². The lowest BCUT2D eigenvalue weighted by molar-refractivity contribution is -0.262. The number of ether oxygens (including phenoxy) is 2. The van der Waals surface area contributed by atoms with Crippen molar-refractivity contribution in [1.29, 1.82) is 0 Å². The van der Waals surface area contributed by atoms with Crippen LogP contribution in [0.15, 0.2) is 42.3 Å². The third-order valence-electron chi connectivity index (χ3n) is 11.2. The van der Waals surface area contributed by atoms with E-state index in [0.717, 1.165) is 44.0 Å². The van der Waals surface area contributed by atoms with Gasteiger partial charge < -0.3 is 9.47 Å². The summed E-state index contributed by atoms with van der Waals surface area (Å²) in [5.41, 5.74) is 2.59. The Morgan fingerprint density at radius 3 is 2.38 bits per heavy atom. The Bertz CT molecular complexity index is 1080. The number of allylic oxidation sites excluding steroid dienone is 2. The molecular formula is C34H50F2N2O2. The number of pyridine rings is 1. The Morgan fingerprint density at radius 2 is 1.75 bits per heavy atom. The van der Waals surface area contributed by atoms with Crippen LogP contribution in [0.4, 0.5) is 8.78 Å². The lowest BCUT2D eigenvalue weighted by atomic mass is 9.43. The summed E-state index contributed by atoms with van der Waals surface area (Å²) in [5.74, 6) is 2.78. The molecule has 1 saturated heterocycles. The summed E-state index contributed by atoms with van der Waals surface area (Å²) >= 11 is 0. The molecule has 0 bridgehead atoms. The smallest absolute Gasteiger partial charge is 0.265 e. The Labute approximate surface area is 240 Å². The third-order valence-corrected chi connectivity index (χ3v) is 11.2. The van der Waals surface area contributed by atoms with Gasteiger partial charge in [-0.3, -0.25) is 9.98 Å². The maximum absolute atomic E-state index is 13.3. The van der Waals surface area contributed by atoms with Gasteiger partial charge in [-0.2, -0.15) is 0 Å². The molecule has 0 aromatic carbocycles. The SMILES string of the molecule is C=CN=CC.CC.CC1C2CCC3C4CC=C(c5cncc(C(F)F)c5)C4(C)CCC3C2(C)CCC12OCCO2. The molecule has 5 aliphatic rings. The standard InChI is InChI=1S/C28H37F2NO2.C4H7N.C2H6/c1-17-21-5-4-20-23-7-6-22(18-14-19(25(29)30)16-31-15-18)26(23,2)9-8-24(20)27(21,3)10-11-28(17)32-12-13-33-28;1-3-5-4-2;1-2/h6,14-17,20-21,23-25H,4-5,7-13H2,1-3H3;3-4H,1H2,2H3;1-2H3. The minimum absolute atomic E-state index is 0.0311. The van der Waals surface area contributed by atoms with Gasteiger partial charge in [-0.1, -0.05) is 47.3 Å². The van der Waals surface area contributed by atoms with Crippen LogP contribution >= 0.6 is 0 Å². The van der Waals surface area contributed by atoms with Crippen molar-refractivity contribution in [3.8, 4) is 0 Å². The average Bonchev–Trinajstić information content (AvgIpc) is 3.58. The monoisotopic (exact) mass is 556 g/mol. The van der Waals surface area contributed by atoms with Gasteiger partial charge in [-0.15, -0.1) is 0 Å². The Morgan fingerprint density at radius 1 is 1.02 bits per heavy atom. The van der Waals surface area contributed by atoms with Crippen molar-refractivity contribution in [2.24, 2.45) is 45.4 Å². The number of alkyl halides is 2. The molecule has 0 radical (unpaired) electrons. The van der Waals surface area contributed by atoms with Crippen LogP contribution < -0.4 is 0 Å². The zero-order valence-electron chi connectivity index (χ0n) is 25.5. The molecule has 2 heterocycles. The van der Waals surface area contributed by atoms with E-state index in [1.54, 1.807) is 18.5 Å². The van der Waals surface area contributed by atoms with Gasteiger partial charge in [0.25, 0.3) is 6.43 Å². The Kier molecular flexibility index (Phi) is 9.71. The highest BCUT2D eigenvalue weighted by molar-refractivity contribution is 5.72. The predicted molar refractivity (Wildman–Crippen MR) is 159 cm³/mol. The summed E-state index contributed by atoms with van der Waals surface area (Å²) in [5, 5.41) is 0. The van der Waals surface area contributed by atoms with Crippen LogP contribution in [-0.4, -0.2) is 30.2 Å². The quantitative estimate of drug-likeness (QED) is 0.349. The van der Waals surface area contributed by atoms with E-state index in [2.05, 4.69) is 43.4 Å². The second kappa shape index (κ2) is 12.5. The fraction of sp³-hybridized carbons (Fsp3) is 0.706. The normalized spacial score (nSPS) is 37.4. The second-order valence-electron chi connectivity index (χ2n) is 12.6.